The Morgan fingerprint density at radius 2 is 2.05 bits per heavy atom. The van der Waals surface area contributed by atoms with E-state index in [-0.39, 0.29) is 6.67 Å². The summed E-state index contributed by atoms with van der Waals surface area (Å²) in [4.78, 5) is 4.50. The lowest BCUT2D eigenvalue weighted by molar-refractivity contribution is 0.0945. The maximum Gasteiger partial charge on any atom is 0.191 e. The van der Waals surface area contributed by atoms with Crippen LogP contribution in [-0.2, 0) is 11.3 Å². The second-order valence-corrected chi connectivity index (χ2v) is 5.29. The maximum absolute atomic E-state index is 12.1. The minimum Gasteiger partial charge on any atom is -0.376 e. The molecule has 5 heteroatoms. The van der Waals surface area contributed by atoms with Crippen molar-refractivity contribution in [2.45, 2.75) is 26.9 Å². The van der Waals surface area contributed by atoms with Crippen LogP contribution in [0.2, 0.25) is 0 Å². The van der Waals surface area contributed by atoms with Crippen molar-refractivity contribution in [1.82, 2.24) is 10.6 Å². The van der Waals surface area contributed by atoms with Gasteiger partial charge in [-0.25, -0.2) is 0 Å². The molecule has 0 heterocycles. The van der Waals surface area contributed by atoms with E-state index in [2.05, 4.69) is 34.7 Å². The molecule has 124 valence electrons. The Morgan fingerprint density at radius 3 is 2.73 bits per heavy atom. The molecule has 22 heavy (non-hydrogen) atoms. The van der Waals surface area contributed by atoms with Crippen molar-refractivity contribution in [2.75, 3.05) is 32.9 Å². The molecule has 0 radical (unpaired) electrons. The monoisotopic (exact) mass is 309 g/mol. The summed E-state index contributed by atoms with van der Waals surface area (Å²) in [5.74, 6) is 1.08. The van der Waals surface area contributed by atoms with Crippen LogP contribution in [0.15, 0.2) is 35.3 Å². The van der Waals surface area contributed by atoms with Crippen LogP contribution in [0.4, 0.5) is 4.39 Å². The van der Waals surface area contributed by atoms with Gasteiger partial charge in [-0.3, -0.25) is 9.38 Å². The molecule has 2 N–H and O–H groups in total. The van der Waals surface area contributed by atoms with Crippen molar-refractivity contribution in [3.63, 3.8) is 0 Å². The van der Waals surface area contributed by atoms with Gasteiger partial charge in [0.1, 0.15) is 0 Å². The Morgan fingerprint density at radius 1 is 1.27 bits per heavy atom. The highest BCUT2D eigenvalue weighted by atomic mass is 19.1. The van der Waals surface area contributed by atoms with E-state index in [1.807, 2.05) is 25.1 Å². The Balaban J connectivity index is 2.25. The minimum absolute atomic E-state index is 0.309. The molecule has 0 fully saturated rings. The van der Waals surface area contributed by atoms with Crippen molar-refractivity contribution >= 4 is 5.96 Å². The third kappa shape index (κ3) is 8.62. The number of alkyl halides is 1. The van der Waals surface area contributed by atoms with Crippen molar-refractivity contribution in [3.05, 3.63) is 35.9 Å². The standard InChI is InChI=1S/C17H28FN3O/c1-3-19-17(20-11-7-10-18)21-12-15(2)13-22-14-16-8-5-4-6-9-16/h4-6,8-9,15H,3,7,10-14H2,1-2H3,(H2,19,20,21). The van der Waals surface area contributed by atoms with Gasteiger partial charge in [0.2, 0.25) is 0 Å². The van der Waals surface area contributed by atoms with E-state index in [9.17, 15) is 4.39 Å². The third-order valence-electron chi connectivity index (χ3n) is 3.02. The van der Waals surface area contributed by atoms with E-state index >= 15 is 0 Å². The molecule has 0 amide bonds. The molecule has 1 rings (SSSR count). The number of nitrogens with one attached hydrogen (secondary N) is 2. The fourth-order valence-electron chi connectivity index (χ4n) is 1.87. The van der Waals surface area contributed by atoms with Gasteiger partial charge < -0.3 is 15.4 Å². The lowest BCUT2D eigenvalue weighted by atomic mass is 10.2. The van der Waals surface area contributed by atoms with Crippen LogP contribution in [0.25, 0.3) is 0 Å². The highest BCUT2D eigenvalue weighted by molar-refractivity contribution is 5.79. The Hall–Kier alpha value is -1.62. The van der Waals surface area contributed by atoms with Crippen LogP contribution in [0.1, 0.15) is 25.8 Å². The van der Waals surface area contributed by atoms with Gasteiger partial charge in [0, 0.05) is 19.6 Å². The number of ether oxygens (including phenoxy) is 1. The van der Waals surface area contributed by atoms with Crippen LogP contribution in [0, 0.1) is 5.92 Å². The fourth-order valence-corrected chi connectivity index (χ4v) is 1.87. The first-order valence-electron chi connectivity index (χ1n) is 7.96. The summed E-state index contributed by atoms with van der Waals surface area (Å²) in [6.45, 7) is 7.18. The smallest absolute Gasteiger partial charge is 0.191 e. The van der Waals surface area contributed by atoms with Gasteiger partial charge in [-0.05, 0) is 24.8 Å². The molecule has 0 aliphatic rings. The van der Waals surface area contributed by atoms with Crippen molar-refractivity contribution < 1.29 is 9.13 Å². The van der Waals surface area contributed by atoms with Crippen LogP contribution >= 0.6 is 0 Å². The van der Waals surface area contributed by atoms with E-state index < -0.39 is 0 Å². The highest BCUT2D eigenvalue weighted by Gasteiger charge is 2.03. The second kappa shape index (κ2) is 12.0. The zero-order valence-electron chi connectivity index (χ0n) is 13.6. The molecule has 0 saturated heterocycles. The van der Waals surface area contributed by atoms with E-state index in [1.54, 1.807) is 0 Å². The zero-order valence-corrected chi connectivity index (χ0v) is 13.6. The summed E-state index contributed by atoms with van der Waals surface area (Å²) >= 11 is 0. The summed E-state index contributed by atoms with van der Waals surface area (Å²) < 4.78 is 17.8. The minimum atomic E-state index is -0.309. The molecular weight excluding hydrogens is 281 g/mol. The summed E-state index contributed by atoms with van der Waals surface area (Å²) in [6.07, 6.45) is 0.500. The van der Waals surface area contributed by atoms with Gasteiger partial charge in [0.05, 0.1) is 19.9 Å². The van der Waals surface area contributed by atoms with E-state index in [4.69, 9.17) is 4.74 Å². The van der Waals surface area contributed by atoms with Crippen molar-refractivity contribution in [2.24, 2.45) is 10.9 Å². The largest absolute Gasteiger partial charge is 0.376 e. The summed E-state index contributed by atoms with van der Waals surface area (Å²) in [6, 6.07) is 10.1. The molecule has 0 aliphatic heterocycles. The quantitative estimate of drug-likeness (QED) is 0.397. The summed E-state index contributed by atoms with van der Waals surface area (Å²) in [5.41, 5.74) is 1.18. The number of guanidine groups is 1. The normalized spacial score (nSPS) is 13.0. The molecule has 1 atom stereocenters. The molecule has 4 nitrogen and oxygen atoms in total. The Kier molecular flexibility index (Phi) is 10.0. The molecule has 0 bridgehead atoms. The highest BCUT2D eigenvalue weighted by Crippen LogP contribution is 2.03. The first kappa shape index (κ1) is 18.4. The van der Waals surface area contributed by atoms with Crippen LogP contribution in [-0.4, -0.2) is 38.9 Å². The summed E-state index contributed by atoms with van der Waals surface area (Å²) in [7, 11) is 0. The topological polar surface area (TPSA) is 45.7 Å². The molecule has 1 unspecified atom stereocenters. The number of nitrogens with zero attached hydrogens (tertiary/aromatic N) is 1. The van der Waals surface area contributed by atoms with Crippen LogP contribution in [0.3, 0.4) is 0 Å². The van der Waals surface area contributed by atoms with Gasteiger partial charge in [-0.15, -0.1) is 0 Å². The number of rotatable bonds is 10. The van der Waals surface area contributed by atoms with Crippen molar-refractivity contribution in [3.8, 4) is 0 Å². The first-order valence-corrected chi connectivity index (χ1v) is 7.96. The predicted octanol–water partition coefficient (Wildman–Crippen LogP) is 2.75. The Labute approximate surface area is 133 Å². The van der Waals surface area contributed by atoms with E-state index in [0.29, 0.717) is 38.6 Å². The molecular formula is C17H28FN3O. The van der Waals surface area contributed by atoms with Crippen LogP contribution < -0.4 is 10.6 Å². The number of aliphatic imine (C=N–C) groups is 1. The molecule has 0 saturated carbocycles. The second-order valence-electron chi connectivity index (χ2n) is 5.29. The number of benzene rings is 1. The lowest BCUT2D eigenvalue weighted by Gasteiger charge is -2.13. The first-order chi connectivity index (χ1) is 10.8. The zero-order chi connectivity index (χ0) is 16.0. The summed E-state index contributed by atoms with van der Waals surface area (Å²) in [5, 5.41) is 6.27. The predicted molar refractivity (Wildman–Crippen MR) is 89.8 cm³/mol. The van der Waals surface area contributed by atoms with Gasteiger partial charge >= 0.3 is 0 Å². The number of hydrogen-bond acceptors (Lipinski definition) is 2. The van der Waals surface area contributed by atoms with Crippen molar-refractivity contribution in [1.29, 1.82) is 0 Å². The van der Waals surface area contributed by atoms with Gasteiger partial charge in [-0.1, -0.05) is 37.3 Å². The lowest BCUT2D eigenvalue weighted by Crippen LogP contribution is -2.38. The van der Waals surface area contributed by atoms with Crippen LogP contribution in [0.5, 0.6) is 0 Å². The molecule has 0 aromatic heterocycles. The number of hydrogen-bond donors (Lipinski definition) is 2. The Bertz CT molecular complexity index is 412. The molecule has 1 aromatic rings. The molecule has 1 aromatic carbocycles. The SMILES string of the molecule is CCNC(=NCC(C)COCc1ccccc1)NCCCF. The van der Waals surface area contributed by atoms with Gasteiger partial charge in [0.15, 0.2) is 5.96 Å². The average Bonchev–Trinajstić information content (AvgIpc) is 2.54. The number of halogens is 1. The third-order valence-corrected chi connectivity index (χ3v) is 3.02. The molecule has 0 spiro atoms. The molecule has 0 aliphatic carbocycles. The van der Waals surface area contributed by atoms with E-state index in [0.717, 1.165) is 12.5 Å². The van der Waals surface area contributed by atoms with E-state index in [1.165, 1.54) is 5.56 Å². The fraction of sp³-hybridized carbons (Fsp3) is 0.588. The maximum atomic E-state index is 12.1. The van der Waals surface area contributed by atoms with Gasteiger partial charge in [-0.2, -0.15) is 0 Å². The average molecular weight is 309 g/mol. The van der Waals surface area contributed by atoms with Gasteiger partial charge in [0.25, 0.3) is 0 Å².